The van der Waals surface area contributed by atoms with E-state index in [9.17, 15) is 0 Å². The molecule has 4 nitrogen and oxygen atoms in total. The molecule has 2 heterocycles. The first-order valence-electron chi connectivity index (χ1n) is 9.54. The average Bonchev–Trinajstić information content (AvgIpc) is 3.13. The van der Waals surface area contributed by atoms with Gasteiger partial charge >= 0.3 is 13.8 Å². The van der Waals surface area contributed by atoms with Crippen LogP contribution in [0.1, 0.15) is 50.0 Å². The van der Waals surface area contributed by atoms with Crippen LogP contribution in [-0.4, -0.2) is 13.8 Å². The van der Waals surface area contributed by atoms with Gasteiger partial charge in [0.15, 0.2) is 0 Å². The summed E-state index contributed by atoms with van der Waals surface area (Å²) in [6, 6.07) is 12.1. The third-order valence-corrected chi connectivity index (χ3v) is 5.30. The largest absolute Gasteiger partial charge is 0.424 e. The summed E-state index contributed by atoms with van der Waals surface area (Å²) in [4.78, 5) is 0. The SMILES string of the molecule is CCC1OB(C)c2c(N)cccc21.CCC1OB(C)c2cc(N)ccc21. The Balaban J connectivity index is 0.000000151. The van der Waals surface area contributed by atoms with Gasteiger partial charge in [-0.3, -0.25) is 0 Å². The molecule has 0 spiro atoms. The predicted molar refractivity (Wildman–Crippen MR) is 112 cm³/mol. The lowest BCUT2D eigenvalue weighted by Crippen LogP contribution is -2.27. The van der Waals surface area contributed by atoms with E-state index in [-0.39, 0.29) is 26.0 Å². The van der Waals surface area contributed by atoms with Gasteiger partial charge in [-0.2, -0.15) is 0 Å². The number of hydrogen-bond acceptors (Lipinski definition) is 4. The normalized spacial score (nSPS) is 20.5. The molecule has 4 rings (SSSR count). The first-order valence-corrected chi connectivity index (χ1v) is 9.54. The minimum atomic E-state index is 0.154. The molecular formula is C20H28B2N2O2. The van der Waals surface area contributed by atoms with Crippen LogP contribution in [0.5, 0.6) is 0 Å². The van der Waals surface area contributed by atoms with Crippen molar-refractivity contribution < 1.29 is 9.31 Å². The molecular weight excluding hydrogens is 322 g/mol. The molecule has 0 saturated carbocycles. The van der Waals surface area contributed by atoms with Gasteiger partial charge in [0.2, 0.25) is 0 Å². The number of hydrogen-bond donors (Lipinski definition) is 2. The van der Waals surface area contributed by atoms with Gasteiger partial charge in [0.25, 0.3) is 0 Å². The monoisotopic (exact) mass is 350 g/mol. The molecule has 2 unspecified atom stereocenters. The van der Waals surface area contributed by atoms with E-state index in [4.69, 9.17) is 20.8 Å². The van der Waals surface area contributed by atoms with Crippen molar-refractivity contribution in [2.45, 2.75) is 52.5 Å². The fourth-order valence-electron chi connectivity index (χ4n) is 4.00. The quantitative estimate of drug-likeness (QED) is 0.645. The average molecular weight is 350 g/mol. The molecule has 2 aromatic rings. The van der Waals surface area contributed by atoms with Crippen molar-refractivity contribution in [3.63, 3.8) is 0 Å². The maximum absolute atomic E-state index is 5.90. The van der Waals surface area contributed by atoms with Crippen molar-refractivity contribution in [3.05, 3.63) is 47.5 Å². The van der Waals surface area contributed by atoms with Crippen LogP contribution in [0.4, 0.5) is 11.4 Å². The summed E-state index contributed by atoms with van der Waals surface area (Å²) in [6.07, 6.45) is 2.56. The zero-order valence-electron chi connectivity index (χ0n) is 16.2. The van der Waals surface area contributed by atoms with Gasteiger partial charge in [0, 0.05) is 11.4 Å². The molecule has 2 atom stereocenters. The van der Waals surface area contributed by atoms with E-state index in [1.807, 2.05) is 24.3 Å². The Morgan fingerprint density at radius 2 is 1.54 bits per heavy atom. The van der Waals surface area contributed by atoms with E-state index in [0.29, 0.717) is 0 Å². The van der Waals surface area contributed by atoms with Gasteiger partial charge < -0.3 is 20.8 Å². The molecule has 0 amide bonds. The number of benzene rings is 2. The molecule has 2 aliphatic rings. The number of anilines is 2. The van der Waals surface area contributed by atoms with Gasteiger partial charge in [0.1, 0.15) is 0 Å². The molecule has 0 saturated heterocycles. The lowest BCUT2D eigenvalue weighted by atomic mass is 9.63. The topological polar surface area (TPSA) is 70.5 Å². The van der Waals surface area contributed by atoms with Crippen LogP contribution in [-0.2, 0) is 9.31 Å². The zero-order valence-corrected chi connectivity index (χ0v) is 16.2. The van der Waals surface area contributed by atoms with Crippen LogP contribution in [0.2, 0.25) is 13.6 Å². The molecule has 0 bridgehead atoms. The van der Waals surface area contributed by atoms with E-state index in [2.05, 4.69) is 39.6 Å². The van der Waals surface area contributed by atoms with Crippen LogP contribution in [0, 0.1) is 0 Å². The molecule has 4 N–H and O–H groups in total. The van der Waals surface area contributed by atoms with Crippen molar-refractivity contribution in [2.75, 3.05) is 11.5 Å². The minimum Gasteiger partial charge on any atom is -0.424 e. The molecule has 136 valence electrons. The Kier molecular flexibility index (Phi) is 5.64. The fraction of sp³-hybridized carbons (Fsp3) is 0.400. The van der Waals surface area contributed by atoms with E-state index in [1.54, 1.807) is 0 Å². The Labute approximate surface area is 157 Å². The number of rotatable bonds is 2. The molecule has 0 radical (unpaired) electrons. The minimum absolute atomic E-state index is 0.154. The summed E-state index contributed by atoms with van der Waals surface area (Å²) in [6.45, 7) is 8.77. The summed E-state index contributed by atoms with van der Waals surface area (Å²) < 4.78 is 11.6. The van der Waals surface area contributed by atoms with Crippen molar-refractivity contribution in [2.24, 2.45) is 0 Å². The van der Waals surface area contributed by atoms with Gasteiger partial charge in [-0.25, -0.2) is 0 Å². The number of fused-ring (bicyclic) bond motifs is 2. The molecule has 0 fully saturated rings. The van der Waals surface area contributed by atoms with Gasteiger partial charge in [0.05, 0.1) is 12.2 Å². The first-order chi connectivity index (χ1) is 12.5. The van der Waals surface area contributed by atoms with Gasteiger partial charge in [-0.05, 0) is 53.1 Å². The van der Waals surface area contributed by atoms with Crippen molar-refractivity contribution in [1.29, 1.82) is 0 Å². The highest BCUT2D eigenvalue weighted by Crippen LogP contribution is 2.29. The summed E-state index contributed by atoms with van der Waals surface area (Å²) in [5.74, 6) is 0. The molecule has 0 aliphatic carbocycles. The summed E-state index contributed by atoms with van der Waals surface area (Å²) >= 11 is 0. The van der Waals surface area contributed by atoms with Crippen molar-refractivity contribution >= 4 is 36.1 Å². The third kappa shape index (κ3) is 3.49. The van der Waals surface area contributed by atoms with Gasteiger partial charge in [-0.15, -0.1) is 0 Å². The lowest BCUT2D eigenvalue weighted by molar-refractivity contribution is 0.221. The number of nitrogens with two attached hydrogens (primary N) is 2. The van der Waals surface area contributed by atoms with E-state index >= 15 is 0 Å². The third-order valence-electron chi connectivity index (χ3n) is 5.30. The highest BCUT2D eigenvalue weighted by atomic mass is 16.5. The maximum Gasteiger partial charge on any atom is 0.326 e. The molecule has 2 aliphatic heterocycles. The Hall–Kier alpha value is -1.91. The Morgan fingerprint density at radius 1 is 0.885 bits per heavy atom. The van der Waals surface area contributed by atoms with Crippen LogP contribution >= 0.6 is 0 Å². The molecule has 26 heavy (non-hydrogen) atoms. The summed E-state index contributed by atoms with van der Waals surface area (Å²) in [7, 11) is 0. The smallest absolute Gasteiger partial charge is 0.326 e. The zero-order chi connectivity index (χ0) is 18.8. The standard InChI is InChI=1S/2C10H14BNO/c1-3-10-8-5-4-7(12)6-9(8)11(2)13-10;1-3-9-7-5-4-6-8(12)10(7)11(2)13-9/h4-6,10H,3,12H2,1-2H3;4-6,9H,3,12H2,1-2H3. The lowest BCUT2D eigenvalue weighted by Gasteiger charge is -2.08. The highest BCUT2D eigenvalue weighted by Gasteiger charge is 2.32. The first kappa shape index (κ1) is 18.9. The predicted octanol–water partition coefficient (Wildman–Crippen LogP) is 3.16. The van der Waals surface area contributed by atoms with E-state index in [0.717, 1.165) is 24.2 Å². The highest BCUT2D eigenvalue weighted by molar-refractivity contribution is 6.69. The second kappa shape index (κ2) is 7.77. The van der Waals surface area contributed by atoms with Crippen LogP contribution < -0.4 is 22.4 Å². The van der Waals surface area contributed by atoms with E-state index < -0.39 is 0 Å². The van der Waals surface area contributed by atoms with Crippen LogP contribution in [0.25, 0.3) is 0 Å². The second-order valence-corrected chi connectivity index (χ2v) is 7.09. The fourth-order valence-corrected chi connectivity index (χ4v) is 4.00. The molecule has 2 aromatic carbocycles. The van der Waals surface area contributed by atoms with Crippen molar-refractivity contribution in [1.82, 2.24) is 0 Å². The van der Waals surface area contributed by atoms with Gasteiger partial charge in [-0.1, -0.05) is 45.7 Å². The Morgan fingerprint density at radius 3 is 2.23 bits per heavy atom. The maximum atomic E-state index is 5.90. The van der Waals surface area contributed by atoms with Crippen molar-refractivity contribution in [3.8, 4) is 0 Å². The van der Waals surface area contributed by atoms with Crippen LogP contribution in [0.15, 0.2) is 36.4 Å². The van der Waals surface area contributed by atoms with Crippen LogP contribution in [0.3, 0.4) is 0 Å². The second-order valence-electron chi connectivity index (χ2n) is 7.09. The van der Waals surface area contributed by atoms with E-state index in [1.165, 1.54) is 22.1 Å². The molecule has 0 aromatic heterocycles. The summed E-state index contributed by atoms with van der Waals surface area (Å²) in [5, 5.41) is 0. The number of nitrogen functional groups attached to an aromatic ring is 2. The summed E-state index contributed by atoms with van der Waals surface area (Å²) in [5.41, 5.74) is 18.3. The Bertz CT molecular complexity index is 784. The molecule has 6 heteroatoms.